The lowest BCUT2D eigenvalue weighted by Gasteiger charge is -2.17. The van der Waals surface area contributed by atoms with Gasteiger partial charge < -0.3 is 10.2 Å². The number of carbonyl (C=O) groups excluding carboxylic acids is 1. The number of aromatic nitrogens is 1. The van der Waals surface area contributed by atoms with Gasteiger partial charge in [0.15, 0.2) is 0 Å². The molecule has 0 aliphatic heterocycles. The minimum atomic E-state index is -0.0738. The first-order chi connectivity index (χ1) is 10.1. The molecule has 0 fully saturated rings. The zero-order valence-electron chi connectivity index (χ0n) is 12.8. The van der Waals surface area contributed by atoms with Gasteiger partial charge in [0, 0.05) is 20.1 Å². The Labute approximate surface area is 125 Å². The molecule has 1 aromatic carbocycles. The van der Waals surface area contributed by atoms with Crippen molar-refractivity contribution in [3.8, 4) is 0 Å². The Kier molecular flexibility index (Phi) is 4.93. The second-order valence-electron chi connectivity index (χ2n) is 5.09. The third-order valence-electron chi connectivity index (χ3n) is 3.21. The van der Waals surface area contributed by atoms with E-state index in [0.29, 0.717) is 12.2 Å². The standard InChI is InChI=1S/C17H21N3O/c1-4-18-16-7-5-6-15(19-16)17(21)20(3)12-14-10-8-13(2)9-11-14/h5-11H,4,12H2,1-3H3,(H,18,19). The molecule has 0 radical (unpaired) electrons. The van der Waals surface area contributed by atoms with E-state index in [1.807, 2.05) is 31.2 Å². The highest BCUT2D eigenvalue weighted by Gasteiger charge is 2.13. The lowest BCUT2D eigenvalue weighted by molar-refractivity contribution is 0.0779. The van der Waals surface area contributed by atoms with Gasteiger partial charge in [-0.1, -0.05) is 35.9 Å². The number of nitrogens with one attached hydrogen (secondary N) is 1. The first kappa shape index (κ1) is 15.0. The zero-order valence-corrected chi connectivity index (χ0v) is 12.8. The quantitative estimate of drug-likeness (QED) is 0.917. The highest BCUT2D eigenvalue weighted by atomic mass is 16.2. The topological polar surface area (TPSA) is 45.2 Å². The molecule has 0 saturated carbocycles. The van der Waals surface area contributed by atoms with Gasteiger partial charge in [-0.3, -0.25) is 4.79 Å². The third kappa shape index (κ3) is 4.05. The number of carbonyl (C=O) groups is 1. The van der Waals surface area contributed by atoms with E-state index in [2.05, 4.69) is 29.4 Å². The van der Waals surface area contributed by atoms with E-state index in [1.54, 1.807) is 18.0 Å². The Hall–Kier alpha value is -2.36. The minimum Gasteiger partial charge on any atom is -0.370 e. The van der Waals surface area contributed by atoms with Crippen LogP contribution in [0.1, 0.15) is 28.5 Å². The molecule has 0 atom stereocenters. The summed E-state index contributed by atoms with van der Waals surface area (Å²) in [6.07, 6.45) is 0. The summed E-state index contributed by atoms with van der Waals surface area (Å²) in [5.41, 5.74) is 2.79. The number of hydrogen-bond acceptors (Lipinski definition) is 3. The summed E-state index contributed by atoms with van der Waals surface area (Å²) in [5.74, 6) is 0.655. The molecule has 0 aliphatic rings. The van der Waals surface area contributed by atoms with E-state index < -0.39 is 0 Å². The molecule has 0 bridgehead atoms. The molecule has 1 heterocycles. The molecule has 2 rings (SSSR count). The highest BCUT2D eigenvalue weighted by molar-refractivity contribution is 5.92. The highest BCUT2D eigenvalue weighted by Crippen LogP contribution is 2.10. The minimum absolute atomic E-state index is 0.0738. The predicted octanol–water partition coefficient (Wildman–Crippen LogP) is 3.09. The summed E-state index contributed by atoms with van der Waals surface area (Å²) in [6.45, 7) is 5.41. The van der Waals surface area contributed by atoms with Gasteiger partial charge in [0.2, 0.25) is 0 Å². The lowest BCUT2D eigenvalue weighted by Crippen LogP contribution is -2.27. The molecule has 2 aromatic rings. The Bertz CT molecular complexity index is 608. The molecule has 0 aliphatic carbocycles. The smallest absolute Gasteiger partial charge is 0.272 e. The van der Waals surface area contributed by atoms with E-state index in [1.165, 1.54) is 5.56 Å². The summed E-state index contributed by atoms with van der Waals surface area (Å²) in [5, 5.41) is 3.12. The third-order valence-corrected chi connectivity index (χ3v) is 3.21. The average Bonchev–Trinajstić information content (AvgIpc) is 2.49. The maximum absolute atomic E-state index is 12.4. The van der Waals surface area contributed by atoms with Gasteiger partial charge in [0.1, 0.15) is 11.5 Å². The second kappa shape index (κ2) is 6.88. The van der Waals surface area contributed by atoms with Gasteiger partial charge in [-0.25, -0.2) is 4.98 Å². The molecule has 110 valence electrons. The van der Waals surface area contributed by atoms with Crippen LogP contribution in [-0.2, 0) is 6.54 Å². The molecule has 21 heavy (non-hydrogen) atoms. The fourth-order valence-electron chi connectivity index (χ4n) is 2.07. The first-order valence-corrected chi connectivity index (χ1v) is 7.12. The molecular weight excluding hydrogens is 262 g/mol. The summed E-state index contributed by atoms with van der Waals surface area (Å²) >= 11 is 0. The van der Waals surface area contributed by atoms with Crippen LogP contribution in [0.5, 0.6) is 0 Å². The van der Waals surface area contributed by atoms with Crippen LogP contribution < -0.4 is 5.32 Å². The van der Waals surface area contributed by atoms with Crippen LogP contribution in [0, 0.1) is 6.92 Å². The van der Waals surface area contributed by atoms with Gasteiger partial charge >= 0.3 is 0 Å². The van der Waals surface area contributed by atoms with E-state index in [-0.39, 0.29) is 5.91 Å². The Balaban J connectivity index is 2.08. The van der Waals surface area contributed by atoms with E-state index in [9.17, 15) is 4.79 Å². The zero-order chi connectivity index (χ0) is 15.2. The van der Waals surface area contributed by atoms with Gasteiger partial charge in [0.05, 0.1) is 0 Å². The van der Waals surface area contributed by atoms with Crippen LogP contribution in [0.3, 0.4) is 0 Å². The van der Waals surface area contributed by atoms with Crippen molar-refractivity contribution in [3.05, 3.63) is 59.3 Å². The second-order valence-corrected chi connectivity index (χ2v) is 5.09. The molecule has 1 N–H and O–H groups in total. The van der Waals surface area contributed by atoms with Gasteiger partial charge in [-0.15, -0.1) is 0 Å². The van der Waals surface area contributed by atoms with Crippen molar-refractivity contribution in [1.29, 1.82) is 0 Å². The maximum atomic E-state index is 12.4. The van der Waals surface area contributed by atoms with Crippen molar-refractivity contribution in [2.45, 2.75) is 20.4 Å². The van der Waals surface area contributed by atoms with E-state index >= 15 is 0 Å². The Morgan fingerprint density at radius 3 is 2.57 bits per heavy atom. The molecule has 0 spiro atoms. The van der Waals surface area contributed by atoms with Crippen LogP contribution in [-0.4, -0.2) is 29.4 Å². The van der Waals surface area contributed by atoms with E-state index in [0.717, 1.165) is 17.9 Å². The van der Waals surface area contributed by atoms with Crippen molar-refractivity contribution >= 4 is 11.7 Å². The molecule has 4 heteroatoms. The summed E-state index contributed by atoms with van der Waals surface area (Å²) in [4.78, 5) is 18.4. The monoisotopic (exact) mass is 283 g/mol. The van der Waals surface area contributed by atoms with Crippen molar-refractivity contribution in [3.63, 3.8) is 0 Å². The van der Waals surface area contributed by atoms with Crippen LogP contribution >= 0.6 is 0 Å². The largest absolute Gasteiger partial charge is 0.370 e. The SMILES string of the molecule is CCNc1cccc(C(=O)N(C)Cc2ccc(C)cc2)n1. The van der Waals surface area contributed by atoms with Crippen LogP contribution in [0.4, 0.5) is 5.82 Å². The molecule has 0 saturated heterocycles. The summed E-state index contributed by atoms with van der Waals surface area (Å²) in [6, 6.07) is 13.6. The number of nitrogens with zero attached hydrogens (tertiary/aromatic N) is 2. The number of pyridine rings is 1. The van der Waals surface area contributed by atoms with Crippen molar-refractivity contribution in [1.82, 2.24) is 9.88 Å². The molecule has 4 nitrogen and oxygen atoms in total. The van der Waals surface area contributed by atoms with Crippen LogP contribution in [0.2, 0.25) is 0 Å². The first-order valence-electron chi connectivity index (χ1n) is 7.12. The van der Waals surface area contributed by atoms with Gasteiger partial charge in [-0.2, -0.15) is 0 Å². The Morgan fingerprint density at radius 1 is 1.19 bits per heavy atom. The van der Waals surface area contributed by atoms with E-state index in [4.69, 9.17) is 0 Å². The fraction of sp³-hybridized carbons (Fsp3) is 0.294. The van der Waals surface area contributed by atoms with Crippen LogP contribution in [0.15, 0.2) is 42.5 Å². The number of benzene rings is 1. The molecule has 1 aromatic heterocycles. The number of aryl methyl sites for hydroxylation is 1. The molecule has 1 amide bonds. The number of hydrogen-bond donors (Lipinski definition) is 1. The molecular formula is C17H21N3O. The van der Waals surface area contributed by atoms with Gasteiger partial charge in [-0.05, 0) is 31.5 Å². The van der Waals surface area contributed by atoms with Crippen LogP contribution in [0.25, 0.3) is 0 Å². The number of anilines is 1. The maximum Gasteiger partial charge on any atom is 0.272 e. The van der Waals surface area contributed by atoms with Crippen molar-refractivity contribution in [2.75, 3.05) is 18.9 Å². The van der Waals surface area contributed by atoms with Gasteiger partial charge in [0.25, 0.3) is 5.91 Å². The normalized spacial score (nSPS) is 10.2. The predicted molar refractivity (Wildman–Crippen MR) is 85.4 cm³/mol. The Morgan fingerprint density at radius 2 is 1.90 bits per heavy atom. The summed E-state index contributed by atoms with van der Waals surface area (Å²) < 4.78 is 0. The van der Waals surface area contributed by atoms with Crippen molar-refractivity contribution in [2.24, 2.45) is 0 Å². The lowest BCUT2D eigenvalue weighted by atomic mass is 10.1. The fourth-order valence-corrected chi connectivity index (χ4v) is 2.07. The van der Waals surface area contributed by atoms with Crippen molar-refractivity contribution < 1.29 is 4.79 Å². The number of rotatable bonds is 5. The molecule has 0 unspecified atom stereocenters. The summed E-state index contributed by atoms with van der Waals surface area (Å²) in [7, 11) is 1.80. The number of amides is 1. The average molecular weight is 283 g/mol.